The molecule has 4 rings (SSSR count). The Morgan fingerprint density at radius 2 is 1.96 bits per heavy atom. The number of anilines is 2. The van der Waals surface area contributed by atoms with Gasteiger partial charge in [-0.2, -0.15) is 0 Å². The summed E-state index contributed by atoms with van der Waals surface area (Å²) in [7, 11) is 0. The number of allylic oxidation sites excluding steroid dienone is 1. The van der Waals surface area contributed by atoms with Gasteiger partial charge in [-0.05, 0) is 54.3 Å². The Morgan fingerprint density at radius 1 is 1.04 bits per heavy atom. The van der Waals surface area contributed by atoms with Gasteiger partial charge in [-0.3, -0.25) is 0 Å². The van der Waals surface area contributed by atoms with Gasteiger partial charge in [0, 0.05) is 39.9 Å². The molecule has 1 aromatic heterocycles. The number of aryl methyl sites for hydroxylation is 1. The standard InChI is InChI=1S/C20H19N3/c1-13-3-4-15-5-7-18(12-20(15)22-13)23-14(2)16-6-8-19-17(11-16)9-10-21-19/h5-12,21-23H,1-4H2. The highest BCUT2D eigenvalue weighted by Gasteiger charge is 2.11. The predicted octanol–water partition coefficient (Wildman–Crippen LogP) is 5.12. The summed E-state index contributed by atoms with van der Waals surface area (Å²) in [5.41, 5.74) is 7.70. The van der Waals surface area contributed by atoms with Crippen LogP contribution in [0.1, 0.15) is 17.5 Å². The Labute approximate surface area is 135 Å². The van der Waals surface area contributed by atoms with Crippen molar-refractivity contribution in [3.63, 3.8) is 0 Å². The fourth-order valence-corrected chi connectivity index (χ4v) is 3.01. The second kappa shape index (κ2) is 5.36. The van der Waals surface area contributed by atoms with Crippen LogP contribution in [0.25, 0.3) is 16.6 Å². The number of rotatable bonds is 3. The molecule has 0 fully saturated rings. The van der Waals surface area contributed by atoms with Crippen molar-refractivity contribution in [2.75, 3.05) is 10.6 Å². The zero-order valence-electron chi connectivity index (χ0n) is 12.9. The molecule has 0 radical (unpaired) electrons. The first kappa shape index (κ1) is 13.7. The van der Waals surface area contributed by atoms with E-state index in [1.807, 2.05) is 6.20 Å². The Morgan fingerprint density at radius 3 is 2.87 bits per heavy atom. The SMILES string of the molecule is C=C1CCc2ccc(NC(=C)c3ccc4[nH]ccc4c3)cc2N1. The summed E-state index contributed by atoms with van der Waals surface area (Å²) in [6.07, 6.45) is 4.00. The number of aromatic nitrogens is 1. The monoisotopic (exact) mass is 301 g/mol. The van der Waals surface area contributed by atoms with Crippen LogP contribution in [0.3, 0.4) is 0 Å². The van der Waals surface area contributed by atoms with Crippen LogP contribution >= 0.6 is 0 Å². The molecule has 0 spiro atoms. The molecule has 2 aromatic carbocycles. The van der Waals surface area contributed by atoms with Gasteiger partial charge in [0.1, 0.15) is 0 Å². The fraction of sp³-hybridized carbons (Fsp3) is 0.100. The van der Waals surface area contributed by atoms with E-state index < -0.39 is 0 Å². The smallest absolute Gasteiger partial charge is 0.0454 e. The third-order valence-electron chi connectivity index (χ3n) is 4.31. The molecule has 3 N–H and O–H groups in total. The first-order valence-corrected chi connectivity index (χ1v) is 7.80. The zero-order chi connectivity index (χ0) is 15.8. The Bertz CT molecular complexity index is 918. The molecule has 23 heavy (non-hydrogen) atoms. The molecule has 3 heteroatoms. The average Bonchev–Trinajstić information content (AvgIpc) is 3.02. The number of H-pyrrole nitrogens is 1. The minimum absolute atomic E-state index is 0.891. The van der Waals surface area contributed by atoms with E-state index in [1.54, 1.807) is 0 Å². The van der Waals surface area contributed by atoms with Crippen molar-refractivity contribution in [1.29, 1.82) is 0 Å². The van der Waals surface area contributed by atoms with Gasteiger partial charge in [0.05, 0.1) is 0 Å². The normalized spacial score (nSPS) is 13.5. The number of nitrogens with one attached hydrogen (secondary N) is 3. The first-order valence-electron chi connectivity index (χ1n) is 7.80. The third kappa shape index (κ3) is 2.61. The van der Waals surface area contributed by atoms with Gasteiger partial charge in [0.15, 0.2) is 0 Å². The van der Waals surface area contributed by atoms with Crippen LogP contribution in [0.15, 0.2) is 67.5 Å². The quantitative estimate of drug-likeness (QED) is 0.628. The predicted molar refractivity (Wildman–Crippen MR) is 98.5 cm³/mol. The molecule has 0 atom stereocenters. The van der Waals surface area contributed by atoms with Crippen molar-refractivity contribution < 1.29 is 0 Å². The van der Waals surface area contributed by atoms with E-state index in [4.69, 9.17) is 0 Å². The maximum atomic E-state index is 4.18. The second-order valence-corrected chi connectivity index (χ2v) is 5.98. The third-order valence-corrected chi connectivity index (χ3v) is 4.31. The summed E-state index contributed by atoms with van der Waals surface area (Å²) in [5, 5.41) is 7.96. The van der Waals surface area contributed by atoms with E-state index in [0.717, 1.165) is 46.7 Å². The number of hydrogen-bond acceptors (Lipinski definition) is 2. The molecule has 0 unspecified atom stereocenters. The van der Waals surface area contributed by atoms with Gasteiger partial charge in [-0.15, -0.1) is 0 Å². The van der Waals surface area contributed by atoms with Crippen LogP contribution < -0.4 is 10.6 Å². The van der Waals surface area contributed by atoms with E-state index in [-0.39, 0.29) is 0 Å². The molecular weight excluding hydrogens is 282 g/mol. The summed E-state index contributed by atoms with van der Waals surface area (Å²) >= 11 is 0. The van der Waals surface area contributed by atoms with E-state index in [0.29, 0.717) is 0 Å². The molecule has 0 aliphatic carbocycles. The van der Waals surface area contributed by atoms with Crippen LogP contribution in [0, 0.1) is 0 Å². The van der Waals surface area contributed by atoms with Gasteiger partial charge in [0.2, 0.25) is 0 Å². The van der Waals surface area contributed by atoms with Gasteiger partial charge < -0.3 is 15.6 Å². The van der Waals surface area contributed by atoms with Crippen LogP contribution in [0.5, 0.6) is 0 Å². The Balaban J connectivity index is 1.58. The molecule has 114 valence electrons. The van der Waals surface area contributed by atoms with Gasteiger partial charge in [-0.25, -0.2) is 0 Å². The fourth-order valence-electron chi connectivity index (χ4n) is 3.01. The van der Waals surface area contributed by atoms with Gasteiger partial charge >= 0.3 is 0 Å². The van der Waals surface area contributed by atoms with Gasteiger partial charge in [-0.1, -0.05) is 25.3 Å². The molecule has 3 nitrogen and oxygen atoms in total. The van der Waals surface area contributed by atoms with Crippen LogP contribution in [-0.4, -0.2) is 4.98 Å². The summed E-state index contributed by atoms with van der Waals surface area (Å²) in [4.78, 5) is 3.21. The molecular formula is C20H19N3. The Hall–Kier alpha value is -2.94. The lowest BCUT2D eigenvalue weighted by Gasteiger charge is -2.21. The second-order valence-electron chi connectivity index (χ2n) is 5.98. The minimum Gasteiger partial charge on any atom is -0.361 e. The molecule has 2 heterocycles. The molecule has 1 aliphatic heterocycles. The van der Waals surface area contributed by atoms with Crippen LogP contribution in [0.4, 0.5) is 11.4 Å². The first-order chi connectivity index (χ1) is 11.2. The average molecular weight is 301 g/mol. The highest BCUT2D eigenvalue weighted by molar-refractivity contribution is 5.86. The maximum Gasteiger partial charge on any atom is 0.0454 e. The largest absolute Gasteiger partial charge is 0.361 e. The molecule has 0 saturated carbocycles. The van der Waals surface area contributed by atoms with E-state index in [1.165, 1.54) is 10.9 Å². The van der Waals surface area contributed by atoms with Crippen molar-refractivity contribution in [1.82, 2.24) is 4.98 Å². The van der Waals surface area contributed by atoms with Crippen molar-refractivity contribution in [2.24, 2.45) is 0 Å². The van der Waals surface area contributed by atoms with Crippen LogP contribution in [0.2, 0.25) is 0 Å². The van der Waals surface area contributed by atoms with Crippen molar-refractivity contribution in [2.45, 2.75) is 12.8 Å². The lowest BCUT2D eigenvalue weighted by molar-refractivity contribution is 0.919. The number of aromatic amines is 1. The van der Waals surface area contributed by atoms with Gasteiger partial charge in [0.25, 0.3) is 0 Å². The molecule has 3 aromatic rings. The lowest BCUT2D eigenvalue weighted by Crippen LogP contribution is -2.09. The molecule has 1 aliphatic rings. The number of fused-ring (bicyclic) bond motifs is 2. The summed E-state index contributed by atoms with van der Waals surface area (Å²) in [5.74, 6) is 0. The summed E-state index contributed by atoms with van der Waals surface area (Å²) < 4.78 is 0. The molecule has 0 saturated heterocycles. The van der Waals surface area contributed by atoms with Crippen molar-refractivity contribution in [3.8, 4) is 0 Å². The summed E-state index contributed by atoms with van der Waals surface area (Å²) in [6.45, 7) is 8.20. The zero-order valence-corrected chi connectivity index (χ0v) is 12.9. The molecule has 0 amide bonds. The number of benzene rings is 2. The topological polar surface area (TPSA) is 39.9 Å². The van der Waals surface area contributed by atoms with Crippen LogP contribution in [-0.2, 0) is 6.42 Å². The maximum absolute atomic E-state index is 4.18. The highest BCUT2D eigenvalue weighted by Crippen LogP contribution is 2.30. The highest BCUT2D eigenvalue weighted by atomic mass is 14.9. The minimum atomic E-state index is 0.891. The van der Waals surface area contributed by atoms with E-state index >= 15 is 0 Å². The van der Waals surface area contributed by atoms with E-state index in [2.05, 4.69) is 71.2 Å². The Kier molecular flexibility index (Phi) is 3.19. The summed E-state index contributed by atoms with van der Waals surface area (Å²) in [6, 6.07) is 14.8. The number of hydrogen-bond donors (Lipinski definition) is 3. The van der Waals surface area contributed by atoms with E-state index in [9.17, 15) is 0 Å². The van der Waals surface area contributed by atoms with Crippen molar-refractivity contribution >= 4 is 28.0 Å². The lowest BCUT2D eigenvalue weighted by atomic mass is 10.0. The molecule has 0 bridgehead atoms. The van der Waals surface area contributed by atoms with Crippen molar-refractivity contribution in [3.05, 3.63) is 78.6 Å².